The third-order valence-corrected chi connectivity index (χ3v) is 3.11. The first-order valence-corrected chi connectivity index (χ1v) is 6.82. The molecule has 118 valence electrons. The van der Waals surface area contributed by atoms with E-state index < -0.39 is 17.5 Å². The van der Waals surface area contributed by atoms with E-state index in [4.69, 9.17) is 17.5 Å². The molecule has 0 aliphatic rings. The van der Waals surface area contributed by atoms with Gasteiger partial charge >= 0.3 is 0 Å². The number of anilines is 1. The van der Waals surface area contributed by atoms with E-state index in [0.717, 1.165) is 6.07 Å². The zero-order valence-electron chi connectivity index (χ0n) is 11.6. The molecular weight excluding hydrogens is 327 g/mol. The van der Waals surface area contributed by atoms with E-state index in [1.807, 2.05) is 6.07 Å². The molecule has 2 aromatic rings. The normalized spacial score (nSPS) is 10.0. The second-order valence-corrected chi connectivity index (χ2v) is 4.78. The average Bonchev–Trinajstić information content (AvgIpc) is 2.55. The summed E-state index contributed by atoms with van der Waals surface area (Å²) in [6, 6.07) is 5.42. The molecule has 5 nitrogen and oxygen atoms in total. The number of halogens is 3. The molecule has 2 rings (SSSR count). The Labute approximate surface area is 135 Å². The maximum atomic E-state index is 13.5. The molecular formula is C14H10F3N5S. The van der Waals surface area contributed by atoms with Crippen molar-refractivity contribution in [2.24, 2.45) is 0 Å². The van der Waals surface area contributed by atoms with E-state index in [9.17, 15) is 13.2 Å². The molecule has 1 heterocycles. The Balaban J connectivity index is 1.91. The van der Waals surface area contributed by atoms with Crippen LogP contribution in [0.25, 0.3) is 0 Å². The summed E-state index contributed by atoms with van der Waals surface area (Å²) in [5.74, 6) is -3.76. The number of nitrogens with one attached hydrogen (secondary N) is 2. The van der Waals surface area contributed by atoms with Crippen LogP contribution in [-0.2, 0) is 6.42 Å². The predicted molar refractivity (Wildman–Crippen MR) is 81.0 cm³/mol. The number of nitrogens with zero attached hydrogens (tertiary/aromatic N) is 3. The van der Waals surface area contributed by atoms with Crippen molar-refractivity contribution >= 4 is 23.1 Å². The van der Waals surface area contributed by atoms with Crippen LogP contribution in [0.4, 0.5) is 19.0 Å². The Kier molecular flexibility index (Phi) is 5.43. The van der Waals surface area contributed by atoms with Gasteiger partial charge in [-0.3, -0.25) is 0 Å². The highest BCUT2D eigenvalue weighted by molar-refractivity contribution is 7.80. The van der Waals surface area contributed by atoms with E-state index in [1.165, 1.54) is 18.3 Å². The second kappa shape index (κ2) is 7.51. The van der Waals surface area contributed by atoms with Gasteiger partial charge in [-0.2, -0.15) is 10.4 Å². The molecule has 0 fully saturated rings. The van der Waals surface area contributed by atoms with Crippen molar-refractivity contribution in [3.8, 4) is 6.07 Å². The van der Waals surface area contributed by atoms with E-state index in [-0.39, 0.29) is 35.0 Å². The number of hydrogen-bond donors (Lipinski definition) is 2. The molecule has 1 aromatic carbocycles. The van der Waals surface area contributed by atoms with Crippen molar-refractivity contribution < 1.29 is 13.2 Å². The molecule has 23 heavy (non-hydrogen) atoms. The fourth-order valence-corrected chi connectivity index (χ4v) is 1.93. The monoisotopic (exact) mass is 337 g/mol. The van der Waals surface area contributed by atoms with E-state index in [0.29, 0.717) is 0 Å². The lowest BCUT2D eigenvalue weighted by Gasteiger charge is -2.10. The summed E-state index contributed by atoms with van der Waals surface area (Å²) >= 11 is 5.01. The Morgan fingerprint density at radius 3 is 2.74 bits per heavy atom. The summed E-state index contributed by atoms with van der Waals surface area (Å²) in [5, 5.41) is 21.8. The molecule has 0 aliphatic heterocycles. The van der Waals surface area contributed by atoms with Crippen molar-refractivity contribution in [3.05, 3.63) is 53.0 Å². The molecule has 0 unspecified atom stereocenters. The van der Waals surface area contributed by atoms with Crippen LogP contribution in [-0.4, -0.2) is 21.9 Å². The lowest BCUT2D eigenvalue weighted by molar-refractivity contribution is 0.441. The highest BCUT2D eigenvalue weighted by atomic mass is 32.1. The van der Waals surface area contributed by atoms with Gasteiger partial charge in [-0.05, 0) is 36.3 Å². The number of aromatic nitrogens is 2. The van der Waals surface area contributed by atoms with Crippen molar-refractivity contribution in [3.63, 3.8) is 0 Å². The van der Waals surface area contributed by atoms with Gasteiger partial charge in [0.2, 0.25) is 0 Å². The largest absolute Gasteiger partial charge is 0.362 e. The SMILES string of the molecule is N#Cc1ccnnc1NC(=S)NCCc1ccc(F)c(F)c1F. The van der Waals surface area contributed by atoms with Crippen LogP contribution in [0.5, 0.6) is 0 Å². The van der Waals surface area contributed by atoms with Gasteiger partial charge in [0.1, 0.15) is 6.07 Å². The lowest BCUT2D eigenvalue weighted by Crippen LogP contribution is -2.31. The summed E-state index contributed by atoms with van der Waals surface area (Å²) in [4.78, 5) is 0. The maximum absolute atomic E-state index is 13.5. The van der Waals surface area contributed by atoms with E-state index in [1.54, 1.807) is 0 Å². The zero-order chi connectivity index (χ0) is 16.8. The summed E-state index contributed by atoms with van der Waals surface area (Å²) in [5.41, 5.74) is 0.284. The third kappa shape index (κ3) is 4.14. The average molecular weight is 337 g/mol. The van der Waals surface area contributed by atoms with Gasteiger partial charge < -0.3 is 10.6 Å². The Hall–Kier alpha value is -2.73. The molecule has 2 N–H and O–H groups in total. The minimum atomic E-state index is -1.50. The smallest absolute Gasteiger partial charge is 0.194 e. The first-order chi connectivity index (χ1) is 11.0. The Bertz CT molecular complexity index is 775. The summed E-state index contributed by atoms with van der Waals surface area (Å²) in [7, 11) is 0. The lowest BCUT2D eigenvalue weighted by atomic mass is 10.1. The fourth-order valence-electron chi connectivity index (χ4n) is 1.74. The highest BCUT2D eigenvalue weighted by Crippen LogP contribution is 2.15. The number of benzene rings is 1. The second-order valence-electron chi connectivity index (χ2n) is 4.37. The van der Waals surface area contributed by atoms with Crippen molar-refractivity contribution in [1.82, 2.24) is 15.5 Å². The van der Waals surface area contributed by atoms with Gasteiger partial charge in [0.25, 0.3) is 0 Å². The minimum absolute atomic E-state index is 0.0245. The quantitative estimate of drug-likeness (QED) is 0.659. The number of rotatable bonds is 4. The molecule has 0 amide bonds. The number of nitriles is 1. The van der Waals surface area contributed by atoms with Crippen molar-refractivity contribution in [1.29, 1.82) is 5.26 Å². The fraction of sp³-hybridized carbons (Fsp3) is 0.143. The zero-order valence-corrected chi connectivity index (χ0v) is 12.4. The van der Waals surface area contributed by atoms with Crippen molar-refractivity contribution in [2.45, 2.75) is 6.42 Å². The Morgan fingerprint density at radius 2 is 2.00 bits per heavy atom. The first-order valence-electron chi connectivity index (χ1n) is 6.42. The maximum Gasteiger partial charge on any atom is 0.194 e. The number of thiocarbonyl (C=S) groups is 1. The van der Waals surface area contributed by atoms with Gasteiger partial charge in [-0.15, -0.1) is 5.10 Å². The minimum Gasteiger partial charge on any atom is -0.362 e. The van der Waals surface area contributed by atoms with Crippen LogP contribution in [0.3, 0.4) is 0 Å². The standard InChI is InChI=1S/C14H10F3N5S/c15-10-2-1-8(11(16)12(10)17)3-5-19-14(23)21-13-9(7-18)4-6-20-22-13/h1-2,4,6H,3,5H2,(H2,19,21,22,23). The van der Waals surface area contributed by atoms with E-state index in [2.05, 4.69) is 20.8 Å². The molecule has 0 radical (unpaired) electrons. The van der Waals surface area contributed by atoms with Crippen LogP contribution in [0.1, 0.15) is 11.1 Å². The topological polar surface area (TPSA) is 73.6 Å². The van der Waals surface area contributed by atoms with E-state index >= 15 is 0 Å². The molecule has 0 spiro atoms. The highest BCUT2D eigenvalue weighted by Gasteiger charge is 2.13. The van der Waals surface area contributed by atoms with Crippen LogP contribution in [0.2, 0.25) is 0 Å². The van der Waals surface area contributed by atoms with Gasteiger partial charge in [-0.25, -0.2) is 13.2 Å². The van der Waals surface area contributed by atoms with Crippen LogP contribution < -0.4 is 10.6 Å². The third-order valence-electron chi connectivity index (χ3n) is 2.87. The summed E-state index contributed by atoms with van der Waals surface area (Å²) in [6.45, 7) is 0.177. The van der Waals surface area contributed by atoms with Crippen LogP contribution >= 0.6 is 12.2 Å². The molecule has 0 saturated heterocycles. The molecule has 0 atom stereocenters. The molecule has 0 saturated carbocycles. The number of hydrogen-bond acceptors (Lipinski definition) is 4. The molecule has 0 aliphatic carbocycles. The van der Waals surface area contributed by atoms with Gasteiger partial charge in [0, 0.05) is 6.54 Å². The van der Waals surface area contributed by atoms with Gasteiger partial charge in [0.05, 0.1) is 11.8 Å². The predicted octanol–water partition coefficient (Wildman–Crippen LogP) is 2.29. The molecule has 0 bridgehead atoms. The Morgan fingerprint density at radius 1 is 1.22 bits per heavy atom. The summed E-state index contributed by atoms with van der Waals surface area (Å²) < 4.78 is 39.4. The van der Waals surface area contributed by atoms with Crippen LogP contribution in [0.15, 0.2) is 24.4 Å². The van der Waals surface area contributed by atoms with Gasteiger partial charge in [-0.1, -0.05) is 6.07 Å². The molecule has 1 aromatic heterocycles. The first kappa shape index (κ1) is 16.6. The molecule has 9 heteroatoms. The summed E-state index contributed by atoms with van der Waals surface area (Å²) in [6.07, 6.45) is 1.46. The van der Waals surface area contributed by atoms with Crippen molar-refractivity contribution in [2.75, 3.05) is 11.9 Å². The van der Waals surface area contributed by atoms with Crippen LogP contribution in [0, 0.1) is 28.8 Å². The van der Waals surface area contributed by atoms with Gasteiger partial charge in [0.15, 0.2) is 28.4 Å².